The molecule has 0 saturated heterocycles. The van der Waals surface area contributed by atoms with E-state index < -0.39 is 8.24 Å². The lowest BCUT2D eigenvalue weighted by Gasteiger charge is -2.38. The van der Waals surface area contributed by atoms with Gasteiger partial charge < -0.3 is 4.57 Å². The van der Waals surface area contributed by atoms with Crippen LogP contribution < -0.4 is 0 Å². The first-order valence-corrected chi connectivity index (χ1v) is 9.24. The Kier molecular flexibility index (Phi) is 5.12. The Morgan fingerprint density at radius 2 is 1.24 bits per heavy atom. The Morgan fingerprint density at radius 3 is 1.53 bits per heavy atom. The van der Waals surface area contributed by atoms with Crippen LogP contribution in [0.4, 0.5) is 0 Å². The average Bonchev–Trinajstić information content (AvgIpc) is 2.60. The summed E-state index contributed by atoms with van der Waals surface area (Å²) in [6.07, 6.45) is 6.05. The van der Waals surface area contributed by atoms with E-state index in [1.165, 1.54) is 12.2 Å². The highest BCUT2D eigenvalue weighted by molar-refractivity contribution is 6.82. The van der Waals surface area contributed by atoms with Crippen LogP contribution in [-0.2, 0) is 9.59 Å². The van der Waals surface area contributed by atoms with Crippen LogP contribution in [0, 0.1) is 0 Å². The second-order valence-corrected chi connectivity index (χ2v) is 9.22. The topological polar surface area (TPSA) is 37.4 Å². The third kappa shape index (κ3) is 2.86. The molecule has 1 heterocycles. The normalized spacial score (nSPS) is 16.1. The van der Waals surface area contributed by atoms with Crippen molar-refractivity contribution in [2.45, 2.75) is 58.2 Å². The molecule has 0 spiro atoms. The maximum Gasteiger partial charge on any atom is 0.245 e. The Labute approximate surface area is 105 Å². The van der Waals surface area contributed by atoms with Crippen molar-refractivity contribution in [3.05, 3.63) is 12.2 Å². The smallest absolute Gasteiger partial charge is 0.245 e. The van der Waals surface area contributed by atoms with Crippen LogP contribution in [0.1, 0.15) is 40.0 Å². The minimum absolute atomic E-state index is 0.0722. The molecule has 0 saturated carbocycles. The van der Waals surface area contributed by atoms with Crippen LogP contribution >= 0.6 is 0 Å². The van der Waals surface area contributed by atoms with Gasteiger partial charge in [-0.05, 0) is 18.1 Å². The monoisotopic (exact) mass is 253 g/mol. The molecule has 96 valence electrons. The van der Waals surface area contributed by atoms with Crippen molar-refractivity contribution in [2.75, 3.05) is 0 Å². The van der Waals surface area contributed by atoms with Crippen molar-refractivity contribution in [2.24, 2.45) is 0 Å². The number of rotatable bonds is 7. The van der Waals surface area contributed by atoms with Gasteiger partial charge in [0.2, 0.25) is 11.8 Å². The number of hydrogen-bond donors (Lipinski definition) is 0. The molecule has 0 atom stereocenters. The van der Waals surface area contributed by atoms with Gasteiger partial charge in [0.1, 0.15) is 0 Å². The fraction of sp³-hybridized carbons (Fsp3) is 0.692. The number of carbonyl (C=O) groups excluding carboxylic acids is 2. The molecule has 0 fully saturated rings. The highest BCUT2D eigenvalue weighted by Crippen LogP contribution is 2.32. The molecule has 0 aromatic carbocycles. The van der Waals surface area contributed by atoms with E-state index in [9.17, 15) is 9.59 Å². The summed E-state index contributed by atoms with van der Waals surface area (Å²) in [6.45, 7) is 6.43. The van der Waals surface area contributed by atoms with Gasteiger partial charge in [0.05, 0.1) is 0 Å². The lowest BCUT2D eigenvalue weighted by Crippen LogP contribution is -2.56. The van der Waals surface area contributed by atoms with Gasteiger partial charge in [-0.2, -0.15) is 0 Å². The molecule has 17 heavy (non-hydrogen) atoms. The van der Waals surface area contributed by atoms with Gasteiger partial charge in [0.25, 0.3) is 0 Å². The molecule has 0 aromatic heterocycles. The fourth-order valence-electron chi connectivity index (χ4n) is 2.97. The van der Waals surface area contributed by atoms with Gasteiger partial charge in [-0.1, -0.05) is 40.0 Å². The van der Waals surface area contributed by atoms with Crippen molar-refractivity contribution in [1.82, 2.24) is 4.57 Å². The van der Waals surface area contributed by atoms with Crippen molar-refractivity contribution < 1.29 is 9.59 Å². The first-order valence-electron chi connectivity index (χ1n) is 6.67. The quantitative estimate of drug-likeness (QED) is 0.516. The second-order valence-electron chi connectivity index (χ2n) is 4.82. The number of carbonyl (C=O) groups is 2. The molecule has 2 amide bonds. The molecule has 3 nitrogen and oxygen atoms in total. The summed E-state index contributed by atoms with van der Waals surface area (Å²) in [5.74, 6) is -0.144. The third-order valence-electron chi connectivity index (χ3n) is 3.43. The van der Waals surface area contributed by atoms with Crippen LogP contribution in [-0.4, -0.2) is 24.6 Å². The number of imide groups is 1. The van der Waals surface area contributed by atoms with Crippen LogP contribution in [0.5, 0.6) is 0 Å². The predicted octanol–water partition coefficient (Wildman–Crippen LogP) is 3.09. The molecule has 0 aromatic rings. The van der Waals surface area contributed by atoms with Crippen molar-refractivity contribution in [3.63, 3.8) is 0 Å². The second kappa shape index (κ2) is 6.14. The zero-order valence-corrected chi connectivity index (χ0v) is 12.2. The van der Waals surface area contributed by atoms with E-state index in [2.05, 4.69) is 20.8 Å². The van der Waals surface area contributed by atoms with Gasteiger partial charge in [-0.15, -0.1) is 0 Å². The van der Waals surface area contributed by atoms with E-state index in [4.69, 9.17) is 0 Å². The van der Waals surface area contributed by atoms with Crippen molar-refractivity contribution in [3.8, 4) is 0 Å². The maximum absolute atomic E-state index is 11.9. The Bertz CT molecular complexity index is 290. The molecule has 0 aliphatic carbocycles. The van der Waals surface area contributed by atoms with E-state index in [1.807, 2.05) is 0 Å². The lowest BCUT2D eigenvalue weighted by molar-refractivity contribution is -0.131. The first kappa shape index (κ1) is 14.2. The minimum atomic E-state index is -1.92. The molecule has 1 aliphatic rings. The van der Waals surface area contributed by atoms with Gasteiger partial charge in [0, 0.05) is 12.2 Å². The minimum Gasteiger partial charge on any atom is -0.304 e. The third-order valence-corrected chi connectivity index (χ3v) is 9.11. The predicted molar refractivity (Wildman–Crippen MR) is 72.0 cm³/mol. The van der Waals surface area contributed by atoms with Gasteiger partial charge >= 0.3 is 0 Å². The summed E-state index contributed by atoms with van der Waals surface area (Å²) in [4.78, 5) is 23.8. The van der Waals surface area contributed by atoms with Gasteiger partial charge in [-0.3, -0.25) is 9.59 Å². The van der Waals surface area contributed by atoms with E-state index in [0.717, 1.165) is 37.4 Å². The summed E-state index contributed by atoms with van der Waals surface area (Å²) in [5.41, 5.74) is 0. The average molecular weight is 253 g/mol. The summed E-state index contributed by atoms with van der Waals surface area (Å²) in [7, 11) is -1.92. The number of hydrogen-bond acceptors (Lipinski definition) is 2. The zero-order valence-electron chi connectivity index (χ0n) is 11.2. The van der Waals surface area contributed by atoms with Crippen molar-refractivity contribution >= 4 is 20.0 Å². The SMILES string of the molecule is CCC[Si](CCC)(CCC)N1C(=O)C=CC1=O. The van der Waals surface area contributed by atoms with Crippen LogP contribution in [0.25, 0.3) is 0 Å². The van der Waals surface area contributed by atoms with E-state index >= 15 is 0 Å². The van der Waals surface area contributed by atoms with Gasteiger partial charge in [0.15, 0.2) is 8.24 Å². The summed E-state index contributed by atoms with van der Waals surface area (Å²) >= 11 is 0. The lowest BCUT2D eigenvalue weighted by atomic mass is 10.5. The zero-order chi connectivity index (χ0) is 12.9. The molecule has 0 N–H and O–H groups in total. The van der Waals surface area contributed by atoms with Crippen LogP contribution in [0.15, 0.2) is 12.2 Å². The van der Waals surface area contributed by atoms with Gasteiger partial charge in [-0.25, -0.2) is 0 Å². The Morgan fingerprint density at radius 1 is 0.882 bits per heavy atom. The van der Waals surface area contributed by atoms with E-state index in [0.29, 0.717) is 0 Å². The molecular weight excluding hydrogens is 230 g/mol. The largest absolute Gasteiger partial charge is 0.304 e. The first-order chi connectivity index (χ1) is 8.11. The summed E-state index contributed by atoms with van der Waals surface area (Å²) in [6, 6.07) is 3.15. The standard InChI is InChI=1S/C13H23NO2Si/c1-4-9-17(10-5-2,11-6-3)14-12(15)7-8-13(14)16/h7-8H,4-6,9-11H2,1-3H3. The molecule has 1 rings (SSSR count). The summed E-state index contributed by atoms with van der Waals surface area (Å²) < 4.78 is 1.64. The van der Waals surface area contributed by atoms with Crippen molar-refractivity contribution in [1.29, 1.82) is 0 Å². The van der Waals surface area contributed by atoms with Crippen LogP contribution in [0.3, 0.4) is 0 Å². The highest BCUT2D eigenvalue weighted by Gasteiger charge is 2.44. The van der Waals surface area contributed by atoms with Crippen LogP contribution in [0.2, 0.25) is 18.1 Å². The molecular formula is C13H23NO2Si. The Hall–Kier alpha value is -0.903. The fourth-order valence-corrected chi connectivity index (χ4v) is 8.27. The van der Waals surface area contributed by atoms with E-state index in [-0.39, 0.29) is 11.8 Å². The Balaban J connectivity index is 3.01. The molecule has 0 bridgehead atoms. The molecule has 4 heteroatoms. The maximum atomic E-state index is 11.9. The van der Waals surface area contributed by atoms with E-state index in [1.54, 1.807) is 4.57 Å². The number of nitrogens with zero attached hydrogens (tertiary/aromatic N) is 1. The molecule has 1 aliphatic heterocycles. The summed E-state index contributed by atoms with van der Waals surface area (Å²) in [5, 5.41) is 0. The molecule has 0 radical (unpaired) electrons. The highest BCUT2D eigenvalue weighted by atomic mass is 28.3. The number of amides is 2. The molecule has 0 unspecified atom stereocenters.